The summed E-state index contributed by atoms with van der Waals surface area (Å²) in [6.07, 6.45) is 5.63. The molecule has 0 radical (unpaired) electrons. The fourth-order valence-corrected chi connectivity index (χ4v) is 3.52. The Morgan fingerprint density at radius 3 is 2.32 bits per heavy atom. The lowest BCUT2D eigenvalue weighted by molar-refractivity contribution is -0.0654. The van der Waals surface area contributed by atoms with E-state index in [1.54, 1.807) is 0 Å². The Labute approximate surface area is 138 Å². The Hall–Kier alpha value is -0.770. The van der Waals surface area contributed by atoms with E-state index in [1.807, 2.05) is 26.0 Å². The van der Waals surface area contributed by atoms with E-state index < -0.39 is 5.60 Å². The Morgan fingerprint density at radius 2 is 1.82 bits per heavy atom. The maximum Gasteiger partial charge on any atom is 0.120 e. The molecule has 0 amide bonds. The lowest BCUT2D eigenvalue weighted by Crippen LogP contribution is -2.52. The minimum atomic E-state index is -0.693. The molecule has 22 heavy (non-hydrogen) atoms. The van der Waals surface area contributed by atoms with Gasteiger partial charge in [0.15, 0.2) is 0 Å². The number of aryl methyl sites for hydroxylation is 2. The zero-order valence-electron chi connectivity index (χ0n) is 13.6. The Balaban J connectivity index is 1.55. The molecule has 122 valence electrons. The highest BCUT2D eigenvalue weighted by Gasteiger charge is 2.36. The van der Waals surface area contributed by atoms with Crippen LogP contribution in [0.4, 0.5) is 0 Å². The van der Waals surface area contributed by atoms with Crippen molar-refractivity contribution in [3.63, 3.8) is 0 Å². The standard InChI is InChI=1S/C18H26ClNO2/c1-13-10-16(11-14(2)17(13)19)22-12-18(21)6-8-20(9-7-18)15-4-3-5-15/h10-11,15,21H,3-9,12H2,1-2H3. The summed E-state index contributed by atoms with van der Waals surface area (Å²) in [5.74, 6) is 0.800. The van der Waals surface area contributed by atoms with Gasteiger partial charge in [0.2, 0.25) is 0 Å². The fraction of sp³-hybridized carbons (Fsp3) is 0.667. The molecule has 1 heterocycles. The summed E-state index contributed by atoms with van der Waals surface area (Å²) in [5.41, 5.74) is 1.34. The molecule has 0 atom stereocenters. The van der Waals surface area contributed by atoms with Crippen molar-refractivity contribution in [2.24, 2.45) is 0 Å². The summed E-state index contributed by atoms with van der Waals surface area (Å²) < 4.78 is 5.87. The van der Waals surface area contributed by atoms with Gasteiger partial charge >= 0.3 is 0 Å². The van der Waals surface area contributed by atoms with Gasteiger partial charge in [-0.05, 0) is 62.8 Å². The molecular formula is C18H26ClNO2. The second kappa shape index (κ2) is 6.38. The highest BCUT2D eigenvalue weighted by atomic mass is 35.5. The molecule has 1 saturated carbocycles. The Bertz CT molecular complexity index is 511. The Kier molecular flexibility index (Phi) is 4.67. The zero-order chi connectivity index (χ0) is 15.7. The van der Waals surface area contributed by atoms with Gasteiger partial charge in [0, 0.05) is 24.2 Å². The normalized spacial score (nSPS) is 22.4. The van der Waals surface area contributed by atoms with E-state index in [4.69, 9.17) is 16.3 Å². The highest BCUT2D eigenvalue weighted by Crippen LogP contribution is 2.32. The van der Waals surface area contributed by atoms with Crippen molar-refractivity contribution in [3.8, 4) is 5.75 Å². The maximum absolute atomic E-state index is 10.7. The van der Waals surface area contributed by atoms with E-state index in [0.717, 1.165) is 53.9 Å². The average Bonchev–Trinajstić information content (AvgIpc) is 2.43. The second-order valence-electron chi connectivity index (χ2n) is 7.00. The van der Waals surface area contributed by atoms with Gasteiger partial charge in [-0.25, -0.2) is 0 Å². The van der Waals surface area contributed by atoms with Gasteiger partial charge in [0.25, 0.3) is 0 Å². The van der Waals surface area contributed by atoms with Gasteiger partial charge in [-0.1, -0.05) is 18.0 Å². The van der Waals surface area contributed by atoms with Crippen LogP contribution >= 0.6 is 11.6 Å². The molecule has 1 saturated heterocycles. The molecule has 2 fully saturated rings. The predicted molar refractivity (Wildman–Crippen MR) is 89.8 cm³/mol. The first-order valence-corrected chi connectivity index (χ1v) is 8.71. The molecule has 2 aliphatic rings. The van der Waals surface area contributed by atoms with Gasteiger partial charge in [-0.3, -0.25) is 0 Å². The summed E-state index contributed by atoms with van der Waals surface area (Å²) in [5, 5.41) is 11.5. The zero-order valence-corrected chi connectivity index (χ0v) is 14.3. The molecule has 1 aromatic rings. The van der Waals surface area contributed by atoms with Crippen LogP contribution in [0.2, 0.25) is 5.02 Å². The smallest absolute Gasteiger partial charge is 0.120 e. The number of halogens is 1. The molecule has 1 aliphatic heterocycles. The average molecular weight is 324 g/mol. The summed E-state index contributed by atoms with van der Waals surface area (Å²) >= 11 is 6.18. The summed E-state index contributed by atoms with van der Waals surface area (Å²) in [7, 11) is 0. The molecule has 3 rings (SSSR count). The van der Waals surface area contributed by atoms with Gasteiger partial charge in [0.05, 0.1) is 0 Å². The molecule has 1 N–H and O–H groups in total. The van der Waals surface area contributed by atoms with Gasteiger partial charge in [0.1, 0.15) is 18.0 Å². The minimum Gasteiger partial charge on any atom is -0.491 e. The number of benzene rings is 1. The summed E-state index contributed by atoms with van der Waals surface area (Å²) in [4.78, 5) is 2.54. The van der Waals surface area contributed by atoms with Crippen LogP contribution in [0.5, 0.6) is 5.75 Å². The van der Waals surface area contributed by atoms with Crippen molar-refractivity contribution in [2.45, 2.75) is 57.6 Å². The second-order valence-corrected chi connectivity index (χ2v) is 7.38. The number of ether oxygens (including phenoxy) is 1. The van der Waals surface area contributed by atoms with E-state index in [9.17, 15) is 5.11 Å². The first-order chi connectivity index (χ1) is 10.5. The topological polar surface area (TPSA) is 32.7 Å². The summed E-state index contributed by atoms with van der Waals surface area (Å²) in [6, 6.07) is 4.66. The minimum absolute atomic E-state index is 0.367. The number of likely N-dealkylation sites (tertiary alicyclic amines) is 1. The molecule has 0 unspecified atom stereocenters. The third kappa shape index (κ3) is 3.42. The van der Waals surface area contributed by atoms with Crippen LogP contribution in [0.25, 0.3) is 0 Å². The maximum atomic E-state index is 10.7. The monoisotopic (exact) mass is 323 g/mol. The SMILES string of the molecule is Cc1cc(OCC2(O)CCN(C3CCC3)CC2)cc(C)c1Cl. The molecule has 1 aromatic carbocycles. The summed E-state index contributed by atoms with van der Waals surface area (Å²) in [6.45, 7) is 6.31. The van der Waals surface area contributed by atoms with E-state index >= 15 is 0 Å². The first kappa shape index (κ1) is 16.1. The van der Waals surface area contributed by atoms with Gasteiger partial charge in [-0.2, -0.15) is 0 Å². The van der Waals surface area contributed by atoms with Crippen molar-refractivity contribution in [1.29, 1.82) is 0 Å². The number of nitrogens with zero attached hydrogens (tertiary/aromatic N) is 1. The Morgan fingerprint density at radius 1 is 1.23 bits per heavy atom. The number of piperidine rings is 1. The van der Waals surface area contributed by atoms with Crippen LogP contribution in [0, 0.1) is 13.8 Å². The third-order valence-electron chi connectivity index (χ3n) is 5.24. The molecule has 0 bridgehead atoms. The lowest BCUT2D eigenvalue weighted by Gasteiger charge is -2.44. The molecule has 0 spiro atoms. The highest BCUT2D eigenvalue weighted by molar-refractivity contribution is 6.32. The van der Waals surface area contributed by atoms with Gasteiger partial charge in [-0.15, -0.1) is 0 Å². The molecule has 4 heteroatoms. The van der Waals surface area contributed by atoms with E-state index in [1.165, 1.54) is 19.3 Å². The van der Waals surface area contributed by atoms with Crippen molar-refractivity contribution in [1.82, 2.24) is 4.90 Å². The number of aliphatic hydroxyl groups is 1. The van der Waals surface area contributed by atoms with Crippen LogP contribution in [-0.2, 0) is 0 Å². The molecule has 1 aliphatic carbocycles. The number of hydrogen-bond acceptors (Lipinski definition) is 3. The van der Waals surface area contributed by atoms with E-state index in [-0.39, 0.29) is 0 Å². The van der Waals surface area contributed by atoms with E-state index in [2.05, 4.69) is 4.90 Å². The van der Waals surface area contributed by atoms with Crippen molar-refractivity contribution < 1.29 is 9.84 Å². The fourth-order valence-electron chi connectivity index (χ4n) is 3.41. The van der Waals surface area contributed by atoms with Crippen molar-refractivity contribution in [3.05, 3.63) is 28.3 Å². The molecule has 0 aromatic heterocycles. The number of rotatable bonds is 4. The van der Waals surface area contributed by atoms with E-state index in [0.29, 0.717) is 6.61 Å². The predicted octanol–water partition coefficient (Wildman–Crippen LogP) is 3.72. The first-order valence-electron chi connectivity index (χ1n) is 8.33. The van der Waals surface area contributed by atoms with Crippen molar-refractivity contribution in [2.75, 3.05) is 19.7 Å². The molecule has 3 nitrogen and oxygen atoms in total. The van der Waals surface area contributed by atoms with Crippen molar-refractivity contribution >= 4 is 11.6 Å². The van der Waals surface area contributed by atoms with Crippen LogP contribution in [0.3, 0.4) is 0 Å². The van der Waals surface area contributed by atoms with Crippen LogP contribution in [-0.4, -0.2) is 41.3 Å². The van der Waals surface area contributed by atoms with Crippen LogP contribution in [0.15, 0.2) is 12.1 Å². The molecular weight excluding hydrogens is 298 g/mol. The van der Waals surface area contributed by atoms with Gasteiger partial charge < -0.3 is 14.7 Å². The van der Waals surface area contributed by atoms with Crippen LogP contribution < -0.4 is 4.74 Å². The number of hydrogen-bond donors (Lipinski definition) is 1. The van der Waals surface area contributed by atoms with Crippen LogP contribution in [0.1, 0.15) is 43.2 Å². The lowest BCUT2D eigenvalue weighted by atomic mass is 9.86. The third-order valence-corrected chi connectivity index (χ3v) is 5.83. The quantitative estimate of drug-likeness (QED) is 0.916. The largest absolute Gasteiger partial charge is 0.491 e.